The van der Waals surface area contributed by atoms with E-state index < -0.39 is 32.6 Å². The highest BCUT2D eigenvalue weighted by atomic mass is 32.2. The molecule has 0 aliphatic rings. The molecule has 22 heavy (non-hydrogen) atoms. The van der Waals surface area contributed by atoms with Gasteiger partial charge >= 0.3 is 6.36 Å². The first-order chi connectivity index (χ1) is 9.71. The number of benzene rings is 1. The Labute approximate surface area is 128 Å². The maximum Gasteiger partial charge on any atom is 0.573 e. The van der Waals surface area contributed by atoms with E-state index in [4.69, 9.17) is 0 Å². The van der Waals surface area contributed by atoms with E-state index in [2.05, 4.69) is 9.46 Å². The molecule has 0 heterocycles. The third-order valence-electron chi connectivity index (χ3n) is 2.59. The van der Waals surface area contributed by atoms with E-state index in [9.17, 15) is 21.6 Å². The van der Waals surface area contributed by atoms with Crippen LogP contribution < -0.4 is 9.46 Å². The molecule has 0 bridgehead atoms. The fourth-order valence-corrected chi connectivity index (χ4v) is 3.30. The molecule has 1 rings (SSSR count). The number of hydrogen-bond donors (Lipinski definition) is 1. The van der Waals surface area contributed by atoms with Gasteiger partial charge in [-0.25, -0.2) is 13.1 Å². The molecule has 0 radical (unpaired) electrons. The minimum absolute atomic E-state index is 0.0667. The molecular weight excluding hydrogens is 319 g/mol. The van der Waals surface area contributed by atoms with Crippen molar-refractivity contribution in [3.63, 3.8) is 0 Å². The van der Waals surface area contributed by atoms with Crippen molar-refractivity contribution >= 4 is 10.0 Å². The van der Waals surface area contributed by atoms with Crippen LogP contribution in [0.4, 0.5) is 13.2 Å². The van der Waals surface area contributed by atoms with E-state index in [0.717, 1.165) is 12.1 Å². The molecule has 8 heteroatoms. The van der Waals surface area contributed by atoms with E-state index in [1.54, 1.807) is 34.6 Å². The summed E-state index contributed by atoms with van der Waals surface area (Å²) in [6.07, 6.45) is -4.97. The molecule has 4 nitrogen and oxygen atoms in total. The predicted octanol–water partition coefficient (Wildman–Crippen LogP) is 3.79. The maximum absolute atomic E-state index is 12.5. The Bertz CT molecular complexity index is 632. The molecule has 0 saturated carbocycles. The molecule has 126 valence electrons. The molecular formula is C14H20F3NO3S. The summed E-state index contributed by atoms with van der Waals surface area (Å²) in [4.78, 5) is -0.538. The third kappa shape index (κ3) is 5.49. The van der Waals surface area contributed by atoms with Crippen molar-refractivity contribution in [2.24, 2.45) is 0 Å². The number of rotatable bonds is 4. The quantitative estimate of drug-likeness (QED) is 0.908. The fourth-order valence-electron chi connectivity index (χ4n) is 1.77. The zero-order chi connectivity index (χ0) is 17.3. The van der Waals surface area contributed by atoms with Gasteiger partial charge in [0.25, 0.3) is 0 Å². The Morgan fingerprint density at radius 3 is 2.09 bits per heavy atom. The first-order valence-corrected chi connectivity index (χ1v) is 8.13. The number of ether oxygens (including phenoxy) is 1. The van der Waals surface area contributed by atoms with E-state index in [1.165, 1.54) is 6.07 Å². The Morgan fingerprint density at radius 1 is 1.14 bits per heavy atom. The number of hydrogen-bond acceptors (Lipinski definition) is 3. The van der Waals surface area contributed by atoms with E-state index >= 15 is 0 Å². The lowest BCUT2D eigenvalue weighted by Gasteiger charge is -2.22. The average Bonchev–Trinajstić information content (AvgIpc) is 2.22. The molecule has 0 aliphatic heterocycles. The maximum atomic E-state index is 12.5. The van der Waals surface area contributed by atoms with Gasteiger partial charge in [-0.15, -0.1) is 13.2 Å². The van der Waals surface area contributed by atoms with Crippen molar-refractivity contribution < 1.29 is 26.3 Å². The van der Waals surface area contributed by atoms with Crippen LogP contribution in [0.15, 0.2) is 23.1 Å². The van der Waals surface area contributed by atoms with Crippen LogP contribution in [0.25, 0.3) is 0 Å². The van der Waals surface area contributed by atoms with Gasteiger partial charge in [0.15, 0.2) is 0 Å². The Morgan fingerprint density at radius 2 is 1.68 bits per heavy atom. The third-order valence-corrected chi connectivity index (χ3v) is 4.39. The van der Waals surface area contributed by atoms with E-state index in [-0.39, 0.29) is 5.92 Å². The second kappa shape index (κ2) is 6.08. The molecule has 0 amide bonds. The summed E-state index contributed by atoms with van der Waals surface area (Å²) < 4.78 is 68.4. The van der Waals surface area contributed by atoms with Gasteiger partial charge in [-0.1, -0.05) is 19.9 Å². The van der Waals surface area contributed by atoms with Crippen molar-refractivity contribution in [1.82, 2.24) is 4.72 Å². The topological polar surface area (TPSA) is 55.4 Å². The van der Waals surface area contributed by atoms with Gasteiger partial charge in [-0.2, -0.15) is 0 Å². The summed E-state index contributed by atoms with van der Waals surface area (Å²) in [6.45, 7) is 8.36. The normalized spacial score (nSPS) is 13.5. The first-order valence-electron chi connectivity index (χ1n) is 6.65. The number of nitrogens with one attached hydrogen (secondary N) is 1. The molecule has 1 aromatic rings. The minimum atomic E-state index is -4.97. The van der Waals surface area contributed by atoms with Gasteiger partial charge in [0.1, 0.15) is 10.6 Å². The SMILES string of the molecule is CC(C)c1ccc(S(=O)(=O)NC(C)(C)C)c(OC(F)(F)F)c1. The summed E-state index contributed by atoms with van der Waals surface area (Å²) in [7, 11) is -4.14. The Balaban J connectivity index is 3.40. The van der Waals surface area contributed by atoms with Crippen LogP contribution in [0.2, 0.25) is 0 Å². The summed E-state index contributed by atoms with van der Waals surface area (Å²) in [6, 6.07) is 3.71. The zero-order valence-electron chi connectivity index (χ0n) is 13.1. The molecule has 0 aliphatic carbocycles. The van der Waals surface area contributed by atoms with Crippen molar-refractivity contribution in [1.29, 1.82) is 0 Å². The fraction of sp³-hybridized carbons (Fsp3) is 0.571. The lowest BCUT2D eigenvalue weighted by molar-refractivity contribution is -0.275. The van der Waals surface area contributed by atoms with Gasteiger partial charge in [-0.3, -0.25) is 0 Å². The monoisotopic (exact) mass is 339 g/mol. The van der Waals surface area contributed by atoms with Gasteiger partial charge in [0.2, 0.25) is 10.0 Å². The number of halogens is 3. The van der Waals surface area contributed by atoms with Crippen LogP contribution in [0.3, 0.4) is 0 Å². The molecule has 1 N–H and O–H groups in total. The Kier molecular flexibility index (Phi) is 5.18. The van der Waals surface area contributed by atoms with Crippen LogP contribution in [0.5, 0.6) is 5.75 Å². The Hall–Kier alpha value is -1.28. The first kappa shape index (κ1) is 18.8. The van der Waals surface area contributed by atoms with Crippen molar-refractivity contribution in [3.8, 4) is 5.75 Å². The lowest BCUT2D eigenvalue weighted by Crippen LogP contribution is -2.40. The molecule has 1 aromatic carbocycles. The zero-order valence-corrected chi connectivity index (χ0v) is 13.9. The molecule has 0 atom stereocenters. The van der Waals surface area contributed by atoms with E-state index in [0.29, 0.717) is 5.56 Å². The second-order valence-corrected chi connectivity index (χ2v) is 7.91. The van der Waals surface area contributed by atoms with Crippen LogP contribution >= 0.6 is 0 Å². The minimum Gasteiger partial charge on any atom is -0.404 e. The number of alkyl halides is 3. The van der Waals surface area contributed by atoms with Crippen molar-refractivity contribution in [2.75, 3.05) is 0 Å². The van der Waals surface area contributed by atoms with Gasteiger partial charge in [0, 0.05) is 5.54 Å². The standard InChI is InChI=1S/C14H20F3NO3S/c1-9(2)10-6-7-12(11(8-10)21-14(15,16)17)22(19,20)18-13(3,4)5/h6-9,18H,1-5H3. The molecule has 0 spiro atoms. The molecule has 0 fully saturated rings. The lowest BCUT2D eigenvalue weighted by atomic mass is 10.0. The number of sulfonamides is 1. The van der Waals surface area contributed by atoms with Crippen molar-refractivity contribution in [2.45, 2.75) is 57.3 Å². The van der Waals surface area contributed by atoms with Crippen molar-refractivity contribution in [3.05, 3.63) is 23.8 Å². The summed E-state index contributed by atoms with van der Waals surface area (Å²) in [5.41, 5.74) is -0.278. The van der Waals surface area contributed by atoms with Crippen LogP contribution in [0, 0.1) is 0 Å². The van der Waals surface area contributed by atoms with Gasteiger partial charge < -0.3 is 4.74 Å². The summed E-state index contributed by atoms with van der Waals surface area (Å²) in [5, 5.41) is 0. The van der Waals surface area contributed by atoms with Crippen LogP contribution in [-0.2, 0) is 10.0 Å². The summed E-state index contributed by atoms with van der Waals surface area (Å²) >= 11 is 0. The average molecular weight is 339 g/mol. The highest BCUT2D eigenvalue weighted by molar-refractivity contribution is 7.89. The van der Waals surface area contributed by atoms with Crippen LogP contribution in [0.1, 0.15) is 46.1 Å². The van der Waals surface area contributed by atoms with E-state index in [1.807, 2.05) is 0 Å². The van der Waals surface area contributed by atoms with Gasteiger partial charge in [-0.05, 0) is 44.4 Å². The largest absolute Gasteiger partial charge is 0.573 e. The molecule has 0 unspecified atom stereocenters. The predicted molar refractivity (Wildman–Crippen MR) is 77.3 cm³/mol. The smallest absolute Gasteiger partial charge is 0.404 e. The van der Waals surface area contributed by atoms with Crippen LogP contribution in [-0.4, -0.2) is 20.3 Å². The highest BCUT2D eigenvalue weighted by Gasteiger charge is 2.35. The highest BCUT2D eigenvalue weighted by Crippen LogP contribution is 2.33. The molecule has 0 saturated heterocycles. The van der Waals surface area contributed by atoms with Gasteiger partial charge in [0.05, 0.1) is 0 Å². The summed E-state index contributed by atoms with van der Waals surface area (Å²) in [5.74, 6) is -0.793. The molecule has 0 aromatic heterocycles. The second-order valence-electron chi connectivity index (χ2n) is 6.26.